The van der Waals surface area contributed by atoms with Gasteiger partial charge in [-0.3, -0.25) is 14.9 Å². The van der Waals surface area contributed by atoms with Gasteiger partial charge in [-0.05, 0) is 37.5 Å². The number of allylic oxidation sites excluding steroid dienone is 1. The van der Waals surface area contributed by atoms with E-state index in [0.717, 1.165) is 11.1 Å². The van der Waals surface area contributed by atoms with Crippen LogP contribution in [-0.2, 0) is 4.79 Å². The molecule has 0 aliphatic carbocycles. The van der Waals surface area contributed by atoms with Gasteiger partial charge in [0.2, 0.25) is 6.54 Å². The maximum Gasteiger partial charge on any atom is 0.280 e. The van der Waals surface area contributed by atoms with Crippen molar-refractivity contribution < 1.29 is 9.72 Å². The fraction of sp³-hybridized carbons (Fsp3) is 0.273. The van der Waals surface area contributed by atoms with Crippen LogP contribution < -0.4 is 5.01 Å². The van der Waals surface area contributed by atoms with E-state index < -0.39 is 0 Å². The topological polar surface area (TPSA) is 75.8 Å². The van der Waals surface area contributed by atoms with E-state index in [1.165, 1.54) is 5.01 Å². The fourth-order valence-corrected chi connectivity index (χ4v) is 3.65. The summed E-state index contributed by atoms with van der Waals surface area (Å²) < 4.78 is 0. The highest BCUT2D eigenvalue weighted by Crippen LogP contribution is 2.34. The van der Waals surface area contributed by atoms with Crippen LogP contribution in [0.2, 0.25) is 0 Å². The average Bonchev–Trinajstić information content (AvgIpc) is 3.00. The molecule has 0 unspecified atom stereocenters. The van der Waals surface area contributed by atoms with Crippen molar-refractivity contribution in [1.29, 1.82) is 0 Å². The zero-order valence-electron chi connectivity index (χ0n) is 16.2. The lowest BCUT2D eigenvalue weighted by molar-refractivity contribution is -0.484. The van der Waals surface area contributed by atoms with Crippen LogP contribution in [0.25, 0.3) is 0 Å². The van der Waals surface area contributed by atoms with Gasteiger partial charge in [-0.2, -0.15) is 10.1 Å². The number of para-hydroxylation sites is 1. The van der Waals surface area contributed by atoms with Crippen molar-refractivity contribution in [3.8, 4) is 0 Å². The van der Waals surface area contributed by atoms with Crippen LogP contribution in [0.1, 0.15) is 32.3 Å². The summed E-state index contributed by atoms with van der Waals surface area (Å²) in [6.07, 6.45) is 0. The smallest absolute Gasteiger partial charge is 0.267 e. The maximum absolute atomic E-state index is 13.1. The first-order valence-electron chi connectivity index (χ1n) is 9.22. The van der Waals surface area contributed by atoms with Gasteiger partial charge in [0.1, 0.15) is 0 Å². The first kappa shape index (κ1) is 19.5. The third kappa shape index (κ3) is 3.86. The lowest BCUT2D eigenvalue weighted by atomic mass is 9.80. The van der Waals surface area contributed by atoms with Gasteiger partial charge in [-0.1, -0.05) is 61.0 Å². The first-order chi connectivity index (χ1) is 13.4. The molecule has 1 amide bonds. The third-order valence-corrected chi connectivity index (χ3v) is 5.27. The molecule has 2 aromatic rings. The Kier molecular flexibility index (Phi) is 5.68. The summed E-state index contributed by atoms with van der Waals surface area (Å²) in [5.74, 6) is -0.705. The molecule has 0 radical (unpaired) electrons. The van der Waals surface area contributed by atoms with Crippen molar-refractivity contribution in [1.82, 2.24) is 0 Å². The Morgan fingerprint density at radius 3 is 2.25 bits per heavy atom. The molecule has 144 valence electrons. The second-order valence-corrected chi connectivity index (χ2v) is 7.02. The maximum atomic E-state index is 13.1. The largest absolute Gasteiger partial charge is 0.280 e. The van der Waals surface area contributed by atoms with E-state index in [1.54, 1.807) is 6.92 Å². The predicted molar refractivity (Wildman–Crippen MR) is 110 cm³/mol. The van der Waals surface area contributed by atoms with E-state index in [4.69, 9.17) is 0 Å². The summed E-state index contributed by atoms with van der Waals surface area (Å²) >= 11 is 0. The lowest BCUT2D eigenvalue weighted by Gasteiger charge is -2.23. The van der Waals surface area contributed by atoms with Gasteiger partial charge < -0.3 is 0 Å². The molecule has 0 fully saturated rings. The number of benzene rings is 2. The minimum atomic E-state index is -0.324. The molecule has 28 heavy (non-hydrogen) atoms. The first-order valence-corrected chi connectivity index (χ1v) is 9.22. The summed E-state index contributed by atoms with van der Waals surface area (Å²) in [7, 11) is 0. The van der Waals surface area contributed by atoms with Crippen molar-refractivity contribution in [3.05, 3.63) is 87.5 Å². The molecule has 2 aromatic carbocycles. The Morgan fingerprint density at radius 2 is 1.68 bits per heavy atom. The van der Waals surface area contributed by atoms with Crippen molar-refractivity contribution >= 4 is 17.3 Å². The minimum Gasteiger partial charge on any atom is -0.267 e. The fourth-order valence-electron chi connectivity index (χ4n) is 3.65. The third-order valence-electron chi connectivity index (χ3n) is 5.27. The molecule has 6 nitrogen and oxygen atoms in total. The number of hydrazone groups is 1. The number of carbonyl (C=O) groups excluding carboxylic acids is 1. The molecular formula is C22H23N3O3. The van der Waals surface area contributed by atoms with E-state index in [0.29, 0.717) is 17.0 Å². The molecule has 0 N–H and O–H groups in total. The number of hydrogen-bond acceptors (Lipinski definition) is 4. The SMILES string of the molecule is CC1=NN(c2ccccc2)C(=O)/C1=C(/C)[C@H](C)[C@@H](C[N+](=O)[O-])c1ccccc1. The van der Waals surface area contributed by atoms with Crippen LogP contribution in [0.4, 0.5) is 5.69 Å². The molecular weight excluding hydrogens is 354 g/mol. The second kappa shape index (κ2) is 8.17. The number of nitrogens with zero attached hydrogens (tertiary/aromatic N) is 3. The van der Waals surface area contributed by atoms with Gasteiger partial charge in [0, 0.05) is 4.92 Å². The molecule has 0 saturated carbocycles. The molecule has 6 heteroatoms. The summed E-state index contributed by atoms with van der Waals surface area (Å²) in [4.78, 5) is 24.1. The summed E-state index contributed by atoms with van der Waals surface area (Å²) in [6, 6.07) is 18.7. The number of rotatable bonds is 6. The van der Waals surface area contributed by atoms with E-state index in [-0.39, 0.29) is 29.2 Å². The number of anilines is 1. The highest BCUT2D eigenvalue weighted by atomic mass is 16.6. The Hall–Kier alpha value is -3.28. The molecule has 1 aliphatic heterocycles. The van der Waals surface area contributed by atoms with Gasteiger partial charge in [0.15, 0.2) is 0 Å². The van der Waals surface area contributed by atoms with Crippen LogP contribution in [0, 0.1) is 16.0 Å². The van der Waals surface area contributed by atoms with Crippen LogP contribution in [0.5, 0.6) is 0 Å². The summed E-state index contributed by atoms with van der Waals surface area (Å²) in [6.45, 7) is 5.43. The number of nitro groups is 1. The van der Waals surface area contributed by atoms with Crippen molar-refractivity contribution in [2.45, 2.75) is 26.7 Å². The Bertz CT molecular complexity index is 936. The van der Waals surface area contributed by atoms with Gasteiger partial charge in [0.05, 0.1) is 22.9 Å². The normalized spacial score (nSPS) is 17.9. The van der Waals surface area contributed by atoms with Crippen molar-refractivity contribution in [2.75, 3.05) is 11.6 Å². The van der Waals surface area contributed by atoms with Crippen LogP contribution in [0.3, 0.4) is 0 Å². The summed E-state index contributed by atoms with van der Waals surface area (Å²) in [5, 5.41) is 17.1. The lowest BCUT2D eigenvalue weighted by Crippen LogP contribution is -2.25. The van der Waals surface area contributed by atoms with Gasteiger partial charge >= 0.3 is 0 Å². The number of carbonyl (C=O) groups is 1. The zero-order valence-corrected chi connectivity index (χ0v) is 16.2. The van der Waals surface area contributed by atoms with Gasteiger partial charge in [-0.25, -0.2) is 0 Å². The molecule has 1 heterocycles. The number of amides is 1. The van der Waals surface area contributed by atoms with Gasteiger partial charge in [0.25, 0.3) is 5.91 Å². The van der Waals surface area contributed by atoms with E-state index in [2.05, 4.69) is 5.10 Å². The van der Waals surface area contributed by atoms with Crippen LogP contribution in [-0.4, -0.2) is 23.1 Å². The Balaban J connectivity index is 1.97. The quantitative estimate of drug-likeness (QED) is 0.425. The molecule has 0 spiro atoms. The van der Waals surface area contributed by atoms with Crippen LogP contribution in [0.15, 0.2) is 76.9 Å². The van der Waals surface area contributed by atoms with Crippen molar-refractivity contribution in [3.63, 3.8) is 0 Å². The molecule has 0 aromatic heterocycles. The predicted octanol–water partition coefficient (Wildman–Crippen LogP) is 4.42. The molecule has 1 aliphatic rings. The molecule has 3 rings (SSSR count). The van der Waals surface area contributed by atoms with Crippen molar-refractivity contribution in [2.24, 2.45) is 11.0 Å². The minimum absolute atomic E-state index is 0.187. The Morgan fingerprint density at radius 1 is 1.11 bits per heavy atom. The molecule has 0 bridgehead atoms. The van der Waals surface area contributed by atoms with E-state index in [1.807, 2.05) is 74.5 Å². The zero-order chi connectivity index (χ0) is 20.3. The van der Waals surface area contributed by atoms with E-state index in [9.17, 15) is 14.9 Å². The standard InChI is InChI=1S/C22H23N3O3/c1-15(20(14-24(27)28)18-10-6-4-7-11-18)16(2)21-17(3)23-25(22(21)26)19-12-8-5-9-13-19/h4-13,15,20H,14H2,1-3H3/b21-16-/t15-,20+/m0/s1. The molecule has 2 atom stereocenters. The summed E-state index contributed by atoms with van der Waals surface area (Å²) in [5.41, 5.74) is 3.59. The highest BCUT2D eigenvalue weighted by molar-refractivity contribution is 6.30. The molecule has 0 saturated heterocycles. The number of hydrogen-bond donors (Lipinski definition) is 0. The Labute approximate surface area is 164 Å². The highest BCUT2D eigenvalue weighted by Gasteiger charge is 2.34. The van der Waals surface area contributed by atoms with E-state index >= 15 is 0 Å². The average molecular weight is 377 g/mol. The van der Waals surface area contributed by atoms with Crippen LogP contribution >= 0.6 is 0 Å². The van der Waals surface area contributed by atoms with Gasteiger partial charge in [-0.15, -0.1) is 0 Å². The second-order valence-electron chi connectivity index (χ2n) is 7.02. The monoisotopic (exact) mass is 377 g/mol.